The zero-order valence-corrected chi connectivity index (χ0v) is 19.6. The van der Waals surface area contributed by atoms with Gasteiger partial charge in [-0.15, -0.1) is 5.10 Å². The summed E-state index contributed by atoms with van der Waals surface area (Å²) in [7, 11) is -2.17. The Labute approximate surface area is 193 Å². The Morgan fingerprint density at radius 1 is 1.24 bits per heavy atom. The maximum absolute atomic E-state index is 13.3. The van der Waals surface area contributed by atoms with E-state index in [4.69, 9.17) is 0 Å². The second kappa shape index (κ2) is 8.30. The molecule has 5 heterocycles. The molecule has 1 N–H and O–H groups in total. The van der Waals surface area contributed by atoms with Crippen LogP contribution in [-0.2, 0) is 14.3 Å². The van der Waals surface area contributed by atoms with E-state index in [0.29, 0.717) is 31.1 Å². The summed E-state index contributed by atoms with van der Waals surface area (Å²) < 4.78 is 13.7. The standard InChI is InChI=1S/C22H29N7O3S/c1-16-18(3-4-20(24-16)29-15-23-25-26-29)19(30)13-27-9-6-22(7-10-27)8-11-28(21(22)31)17-5-12-33(2,32)14-17/h3-4,14-15,19,30H,2,5-13H2,1H3. The van der Waals surface area contributed by atoms with Gasteiger partial charge >= 0.3 is 0 Å². The van der Waals surface area contributed by atoms with Gasteiger partial charge in [0.1, 0.15) is 6.33 Å². The molecule has 33 heavy (non-hydrogen) atoms. The summed E-state index contributed by atoms with van der Waals surface area (Å²) in [5, 5.41) is 23.7. The predicted octanol–water partition coefficient (Wildman–Crippen LogP) is 0.675. The third kappa shape index (κ3) is 4.20. The number of amides is 1. The summed E-state index contributed by atoms with van der Waals surface area (Å²) in [5.74, 6) is 5.08. The number of pyridine rings is 1. The highest BCUT2D eigenvalue weighted by Crippen LogP contribution is 2.44. The molecule has 2 aromatic rings. The first kappa shape index (κ1) is 22.2. The largest absolute Gasteiger partial charge is 0.387 e. The molecule has 2 aromatic heterocycles. The number of hydrogen-bond acceptors (Lipinski definition) is 8. The first-order valence-electron chi connectivity index (χ1n) is 11.3. The average molecular weight is 472 g/mol. The van der Waals surface area contributed by atoms with Gasteiger partial charge in [-0.05, 0) is 77.6 Å². The van der Waals surface area contributed by atoms with E-state index >= 15 is 0 Å². The summed E-state index contributed by atoms with van der Waals surface area (Å²) >= 11 is 0. The van der Waals surface area contributed by atoms with Gasteiger partial charge in [-0.25, -0.2) is 4.98 Å². The summed E-state index contributed by atoms with van der Waals surface area (Å²) in [4.78, 5) is 21.9. The maximum atomic E-state index is 13.3. The van der Waals surface area contributed by atoms with E-state index in [0.717, 1.165) is 49.3 Å². The lowest BCUT2D eigenvalue weighted by Crippen LogP contribution is -2.45. The first-order chi connectivity index (χ1) is 15.8. The fourth-order valence-corrected chi connectivity index (χ4v) is 6.62. The second-order valence-electron chi connectivity index (χ2n) is 9.33. The number of likely N-dealkylation sites (tertiary alicyclic amines) is 2. The van der Waals surface area contributed by atoms with E-state index in [1.165, 1.54) is 11.0 Å². The molecule has 176 valence electrons. The van der Waals surface area contributed by atoms with Gasteiger partial charge in [-0.3, -0.25) is 9.00 Å². The van der Waals surface area contributed by atoms with E-state index in [9.17, 15) is 14.1 Å². The van der Waals surface area contributed by atoms with Crippen LogP contribution in [0, 0.1) is 12.3 Å². The average Bonchev–Trinajstić information content (AvgIpc) is 3.51. The summed E-state index contributed by atoms with van der Waals surface area (Å²) in [6.07, 6.45) is 3.86. The van der Waals surface area contributed by atoms with Crippen molar-refractivity contribution in [3.05, 3.63) is 40.8 Å². The maximum Gasteiger partial charge on any atom is 0.233 e. The molecule has 0 aromatic carbocycles. The number of hydrogen-bond donors (Lipinski definition) is 1. The molecule has 5 rings (SSSR count). The third-order valence-electron chi connectivity index (χ3n) is 7.21. The topological polar surface area (TPSA) is 117 Å². The molecular formula is C22H29N7O3S. The highest BCUT2D eigenvalue weighted by molar-refractivity contribution is 8.03. The second-order valence-corrected chi connectivity index (χ2v) is 11.7. The number of piperidine rings is 1. The molecule has 0 bridgehead atoms. The quantitative estimate of drug-likeness (QED) is 0.633. The Hall–Kier alpha value is -2.63. The van der Waals surface area contributed by atoms with Crippen LogP contribution < -0.4 is 0 Å². The van der Waals surface area contributed by atoms with Gasteiger partial charge < -0.3 is 14.9 Å². The van der Waals surface area contributed by atoms with Crippen LogP contribution in [0.2, 0.25) is 0 Å². The van der Waals surface area contributed by atoms with E-state index < -0.39 is 15.6 Å². The van der Waals surface area contributed by atoms with Crippen LogP contribution >= 0.6 is 0 Å². The Balaban J connectivity index is 1.20. The zero-order valence-electron chi connectivity index (χ0n) is 18.8. The Kier molecular flexibility index (Phi) is 5.58. The van der Waals surface area contributed by atoms with Gasteiger partial charge in [0, 0.05) is 41.2 Å². The van der Waals surface area contributed by atoms with Crippen molar-refractivity contribution < 1.29 is 14.1 Å². The minimum Gasteiger partial charge on any atom is -0.387 e. The predicted molar refractivity (Wildman–Crippen MR) is 124 cm³/mol. The number of carbonyl (C=O) groups excluding carboxylic acids is 1. The number of aryl methyl sites for hydroxylation is 1. The summed E-state index contributed by atoms with van der Waals surface area (Å²) in [5.41, 5.74) is 2.07. The third-order valence-corrected chi connectivity index (χ3v) is 8.81. The molecule has 3 aliphatic heterocycles. The molecule has 3 aliphatic rings. The zero-order chi connectivity index (χ0) is 23.2. The van der Waals surface area contributed by atoms with Crippen molar-refractivity contribution in [3.8, 4) is 5.82 Å². The van der Waals surface area contributed by atoms with Crippen LogP contribution in [0.5, 0.6) is 0 Å². The number of allylic oxidation sites excluding steroid dienone is 1. The molecule has 1 spiro atoms. The van der Waals surface area contributed by atoms with Crippen LogP contribution in [0.25, 0.3) is 5.82 Å². The molecule has 1 amide bonds. The van der Waals surface area contributed by atoms with Gasteiger partial charge in [0.05, 0.1) is 11.5 Å². The molecular weight excluding hydrogens is 442 g/mol. The fourth-order valence-electron chi connectivity index (χ4n) is 5.21. The van der Waals surface area contributed by atoms with Crippen LogP contribution in [0.3, 0.4) is 0 Å². The number of aromatic nitrogens is 5. The Morgan fingerprint density at radius 2 is 2.00 bits per heavy atom. The normalized spacial score (nSPS) is 26.2. The minimum absolute atomic E-state index is 0.171. The molecule has 0 saturated carbocycles. The minimum atomic E-state index is -2.17. The molecule has 2 atom stereocenters. The van der Waals surface area contributed by atoms with E-state index in [1.807, 2.05) is 17.9 Å². The van der Waals surface area contributed by atoms with E-state index in [-0.39, 0.29) is 11.3 Å². The fraction of sp³-hybridized carbons (Fsp3) is 0.545. The van der Waals surface area contributed by atoms with Crippen LogP contribution in [0.1, 0.15) is 43.0 Å². The lowest BCUT2D eigenvalue weighted by Gasteiger charge is -2.38. The van der Waals surface area contributed by atoms with Gasteiger partial charge in [0.2, 0.25) is 5.91 Å². The Morgan fingerprint density at radius 3 is 2.64 bits per heavy atom. The lowest BCUT2D eigenvalue weighted by atomic mass is 9.77. The molecule has 0 radical (unpaired) electrons. The van der Waals surface area contributed by atoms with Crippen molar-refractivity contribution in [2.45, 2.75) is 38.7 Å². The van der Waals surface area contributed by atoms with Crippen molar-refractivity contribution in [2.24, 2.45) is 5.41 Å². The van der Waals surface area contributed by atoms with Crippen LogP contribution in [-0.4, -0.2) is 88.0 Å². The highest BCUT2D eigenvalue weighted by Gasteiger charge is 2.49. The molecule has 0 aliphatic carbocycles. The number of aliphatic hydroxyl groups excluding tert-OH is 1. The Bertz CT molecular complexity index is 1180. The monoisotopic (exact) mass is 471 g/mol. The smallest absolute Gasteiger partial charge is 0.233 e. The first-order valence-corrected chi connectivity index (χ1v) is 13.2. The molecule has 11 heteroatoms. The van der Waals surface area contributed by atoms with Crippen molar-refractivity contribution in [1.29, 1.82) is 0 Å². The van der Waals surface area contributed by atoms with Crippen molar-refractivity contribution in [1.82, 2.24) is 35.0 Å². The number of rotatable bonds is 5. The SMILES string of the molecule is C=S1(=O)C=C(N2CCC3(CCN(CC(O)c4ccc(-n5cnnn5)nc4C)CC3)C2=O)CC1. The van der Waals surface area contributed by atoms with Gasteiger partial charge in [0.25, 0.3) is 0 Å². The molecule has 2 saturated heterocycles. The van der Waals surface area contributed by atoms with E-state index in [2.05, 4.69) is 31.3 Å². The summed E-state index contributed by atoms with van der Waals surface area (Å²) in [6.45, 7) is 4.58. The van der Waals surface area contributed by atoms with Gasteiger partial charge in [0.15, 0.2) is 5.82 Å². The number of nitrogens with zero attached hydrogens (tertiary/aromatic N) is 7. The van der Waals surface area contributed by atoms with Crippen molar-refractivity contribution in [2.75, 3.05) is 31.9 Å². The van der Waals surface area contributed by atoms with Crippen LogP contribution in [0.4, 0.5) is 0 Å². The molecule has 10 nitrogen and oxygen atoms in total. The number of carbonyl (C=O) groups is 1. The molecule has 2 fully saturated rings. The molecule has 2 unspecified atom stereocenters. The number of aliphatic hydroxyl groups is 1. The number of tetrazole rings is 1. The number of β-amino-alcohol motifs (C(OH)–C–C–N with tert-alkyl or cyclic N) is 1. The summed E-state index contributed by atoms with van der Waals surface area (Å²) in [6, 6.07) is 3.66. The van der Waals surface area contributed by atoms with Crippen molar-refractivity contribution in [3.63, 3.8) is 0 Å². The van der Waals surface area contributed by atoms with Gasteiger partial charge in [-0.1, -0.05) is 6.07 Å². The lowest BCUT2D eigenvalue weighted by molar-refractivity contribution is -0.137. The van der Waals surface area contributed by atoms with Crippen LogP contribution in [0.15, 0.2) is 29.6 Å². The highest BCUT2D eigenvalue weighted by atomic mass is 32.2. The van der Waals surface area contributed by atoms with E-state index in [1.54, 1.807) is 11.5 Å². The van der Waals surface area contributed by atoms with Crippen molar-refractivity contribution >= 4 is 21.3 Å². The van der Waals surface area contributed by atoms with Gasteiger partial charge in [-0.2, -0.15) is 4.68 Å².